The quantitative estimate of drug-likeness (QED) is 0.675. The van der Waals surface area contributed by atoms with E-state index in [0.29, 0.717) is 12.0 Å². The molecule has 2 saturated heterocycles. The number of likely N-dealkylation sites (tertiary alicyclic amines) is 1. The zero-order valence-corrected chi connectivity index (χ0v) is 18.9. The van der Waals surface area contributed by atoms with Crippen LogP contribution < -0.4 is 5.32 Å². The molecule has 33 heavy (non-hydrogen) atoms. The summed E-state index contributed by atoms with van der Waals surface area (Å²) in [5.74, 6) is 1.32. The van der Waals surface area contributed by atoms with Crippen molar-refractivity contribution in [3.8, 4) is 0 Å². The number of ether oxygens (including phenoxy) is 1. The number of aromatic nitrogens is 1. The summed E-state index contributed by atoms with van der Waals surface area (Å²) in [4.78, 5) is 43.7. The number of rotatable bonds is 5. The standard InChI is InChI=1S/C25H28N4O4/c1-13-20(11-28-9-16-6-17(16)10-28)14(2)26-22(13)7-19-18-5-15(3-4-21(18)27-24(19)31)8-29-23(30)12-33-25(29)32/h3-4,7,15-17,26H,5-6,8-12H2,1-2H3,(H,27,31)/t15?,16-,17+. The van der Waals surface area contributed by atoms with Crippen LogP contribution in [0, 0.1) is 31.6 Å². The molecule has 0 spiro atoms. The molecule has 3 aliphatic heterocycles. The Morgan fingerprint density at radius 2 is 1.97 bits per heavy atom. The van der Waals surface area contributed by atoms with Gasteiger partial charge in [0.2, 0.25) is 0 Å². The molecule has 172 valence electrons. The Bertz CT molecular complexity index is 1150. The van der Waals surface area contributed by atoms with Crippen LogP contribution in [0.3, 0.4) is 0 Å². The van der Waals surface area contributed by atoms with Crippen molar-refractivity contribution in [3.63, 3.8) is 0 Å². The van der Waals surface area contributed by atoms with E-state index in [0.717, 1.165) is 45.9 Å². The molecule has 3 fully saturated rings. The summed E-state index contributed by atoms with van der Waals surface area (Å²) in [7, 11) is 0. The molecule has 2 aliphatic carbocycles. The van der Waals surface area contributed by atoms with Crippen molar-refractivity contribution in [2.24, 2.45) is 17.8 Å². The zero-order valence-electron chi connectivity index (χ0n) is 18.9. The fourth-order valence-electron chi connectivity index (χ4n) is 5.73. The molecule has 5 aliphatic rings. The van der Waals surface area contributed by atoms with Crippen LogP contribution in [0.5, 0.6) is 0 Å². The van der Waals surface area contributed by atoms with Crippen molar-refractivity contribution in [1.29, 1.82) is 0 Å². The molecule has 0 bridgehead atoms. The van der Waals surface area contributed by atoms with Gasteiger partial charge in [-0.2, -0.15) is 0 Å². The summed E-state index contributed by atoms with van der Waals surface area (Å²) >= 11 is 0. The highest BCUT2D eigenvalue weighted by atomic mass is 16.6. The van der Waals surface area contributed by atoms with E-state index in [1.54, 1.807) is 0 Å². The molecule has 1 unspecified atom stereocenters. The van der Waals surface area contributed by atoms with Crippen molar-refractivity contribution >= 4 is 24.0 Å². The lowest BCUT2D eigenvalue weighted by molar-refractivity contribution is -0.126. The van der Waals surface area contributed by atoms with Gasteiger partial charge in [0.25, 0.3) is 11.8 Å². The monoisotopic (exact) mass is 448 g/mol. The van der Waals surface area contributed by atoms with Crippen LogP contribution in [0.4, 0.5) is 4.79 Å². The molecule has 0 radical (unpaired) electrons. The van der Waals surface area contributed by atoms with Gasteiger partial charge in [-0.15, -0.1) is 0 Å². The van der Waals surface area contributed by atoms with Gasteiger partial charge in [-0.05, 0) is 73.3 Å². The first-order valence-electron chi connectivity index (χ1n) is 11.7. The Hall–Kier alpha value is -3.13. The number of aryl methyl sites for hydroxylation is 1. The highest BCUT2D eigenvalue weighted by molar-refractivity contribution is 6.07. The third-order valence-corrected chi connectivity index (χ3v) is 7.76. The van der Waals surface area contributed by atoms with E-state index in [-0.39, 0.29) is 30.9 Å². The number of nitrogens with zero attached hydrogens (tertiary/aromatic N) is 2. The van der Waals surface area contributed by atoms with Crippen LogP contribution in [-0.4, -0.2) is 58.9 Å². The maximum Gasteiger partial charge on any atom is 0.417 e. The van der Waals surface area contributed by atoms with Crippen LogP contribution in [0.2, 0.25) is 0 Å². The second kappa shape index (κ2) is 7.45. The van der Waals surface area contributed by atoms with E-state index in [2.05, 4.69) is 29.0 Å². The Balaban J connectivity index is 1.22. The summed E-state index contributed by atoms with van der Waals surface area (Å²) in [6.07, 6.45) is 7.17. The van der Waals surface area contributed by atoms with Crippen molar-refractivity contribution in [3.05, 3.63) is 51.5 Å². The number of carbonyl (C=O) groups is 3. The molecule has 6 rings (SSSR count). The molecule has 1 saturated carbocycles. The van der Waals surface area contributed by atoms with Crippen LogP contribution in [-0.2, 0) is 20.9 Å². The van der Waals surface area contributed by atoms with Crippen molar-refractivity contribution < 1.29 is 19.1 Å². The molecular formula is C25H28N4O4. The van der Waals surface area contributed by atoms with Gasteiger partial charge in [0, 0.05) is 48.8 Å². The Morgan fingerprint density at radius 1 is 1.18 bits per heavy atom. The lowest BCUT2D eigenvalue weighted by atomic mass is 9.89. The summed E-state index contributed by atoms with van der Waals surface area (Å²) in [6.45, 7) is 7.64. The smallest absolute Gasteiger partial charge is 0.417 e. The lowest BCUT2D eigenvalue weighted by Gasteiger charge is -2.21. The van der Waals surface area contributed by atoms with Crippen LogP contribution >= 0.6 is 0 Å². The number of H-pyrrole nitrogens is 1. The number of imide groups is 1. The van der Waals surface area contributed by atoms with E-state index >= 15 is 0 Å². The van der Waals surface area contributed by atoms with Gasteiger partial charge >= 0.3 is 6.09 Å². The minimum atomic E-state index is -0.593. The Morgan fingerprint density at radius 3 is 2.70 bits per heavy atom. The predicted molar refractivity (Wildman–Crippen MR) is 121 cm³/mol. The Labute approximate surface area is 192 Å². The van der Waals surface area contributed by atoms with Gasteiger partial charge in [0.05, 0.1) is 0 Å². The minimum absolute atomic E-state index is 0.0573. The van der Waals surface area contributed by atoms with Gasteiger partial charge < -0.3 is 15.0 Å². The van der Waals surface area contributed by atoms with Gasteiger partial charge in [-0.25, -0.2) is 9.69 Å². The molecular weight excluding hydrogens is 420 g/mol. The maximum atomic E-state index is 12.8. The second-order valence-electron chi connectivity index (χ2n) is 10.0. The van der Waals surface area contributed by atoms with E-state index in [1.807, 2.05) is 18.2 Å². The van der Waals surface area contributed by atoms with Crippen molar-refractivity contribution in [1.82, 2.24) is 20.1 Å². The fraction of sp³-hybridized carbons (Fsp3) is 0.480. The molecule has 8 nitrogen and oxygen atoms in total. The second-order valence-corrected chi connectivity index (χ2v) is 10.0. The number of amides is 3. The van der Waals surface area contributed by atoms with Crippen LogP contribution in [0.25, 0.3) is 6.08 Å². The summed E-state index contributed by atoms with van der Waals surface area (Å²) < 4.78 is 4.82. The zero-order chi connectivity index (χ0) is 22.9. The number of allylic oxidation sites excluding steroid dienone is 1. The SMILES string of the molecule is Cc1[nH]c(C=C2C(=O)NC3=C2CC(CN2C(=O)COC2=O)C=C3)c(C)c1CN1C[C@H]2C[C@H]2C1. The molecule has 8 heteroatoms. The summed E-state index contributed by atoms with van der Waals surface area (Å²) in [6, 6.07) is 0. The third-order valence-electron chi connectivity index (χ3n) is 7.76. The number of hydrogen-bond acceptors (Lipinski definition) is 5. The van der Waals surface area contributed by atoms with Gasteiger partial charge in [-0.1, -0.05) is 6.08 Å². The minimum Gasteiger partial charge on any atom is -0.439 e. The number of aromatic amines is 1. The fourth-order valence-corrected chi connectivity index (χ4v) is 5.73. The van der Waals surface area contributed by atoms with E-state index in [4.69, 9.17) is 4.74 Å². The first-order chi connectivity index (χ1) is 15.9. The highest BCUT2D eigenvalue weighted by Gasteiger charge is 2.45. The van der Waals surface area contributed by atoms with Gasteiger partial charge in [0.1, 0.15) is 0 Å². The number of carbonyl (C=O) groups excluding carboxylic acids is 3. The van der Waals surface area contributed by atoms with Crippen LogP contribution in [0.1, 0.15) is 35.4 Å². The molecule has 3 atom stereocenters. The Kier molecular flexibility index (Phi) is 4.62. The van der Waals surface area contributed by atoms with E-state index in [9.17, 15) is 14.4 Å². The highest BCUT2D eigenvalue weighted by Crippen LogP contribution is 2.45. The van der Waals surface area contributed by atoms with Crippen molar-refractivity contribution in [2.75, 3.05) is 26.2 Å². The molecule has 0 aromatic carbocycles. The maximum absolute atomic E-state index is 12.8. The predicted octanol–water partition coefficient (Wildman–Crippen LogP) is 2.41. The van der Waals surface area contributed by atoms with Gasteiger partial charge in [0.15, 0.2) is 6.61 Å². The molecule has 3 amide bonds. The van der Waals surface area contributed by atoms with E-state index < -0.39 is 6.09 Å². The molecule has 2 N–H and O–H groups in total. The molecule has 1 aromatic heterocycles. The number of hydrogen-bond donors (Lipinski definition) is 2. The average molecular weight is 449 g/mol. The molecule has 1 aromatic rings. The first kappa shape index (κ1) is 20.5. The van der Waals surface area contributed by atoms with Gasteiger partial charge in [-0.3, -0.25) is 14.5 Å². The summed E-state index contributed by atoms with van der Waals surface area (Å²) in [5, 5.41) is 2.96. The normalized spacial score (nSPS) is 29.8. The first-order valence-corrected chi connectivity index (χ1v) is 11.7. The number of piperidine rings is 1. The number of fused-ring (bicyclic) bond motifs is 1. The topological polar surface area (TPSA) is 94.7 Å². The van der Waals surface area contributed by atoms with Crippen LogP contribution in [0.15, 0.2) is 29.0 Å². The largest absolute Gasteiger partial charge is 0.439 e. The van der Waals surface area contributed by atoms with E-state index in [1.165, 1.54) is 30.6 Å². The third kappa shape index (κ3) is 3.53. The lowest BCUT2D eigenvalue weighted by Crippen LogP contribution is -2.34. The number of cyclic esters (lactones) is 1. The van der Waals surface area contributed by atoms with Crippen molar-refractivity contribution in [2.45, 2.75) is 33.2 Å². The number of nitrogens with one attached hydrogen (secondary N) is 2. The molecule has 4 heterocycles. The summed E-state index contributed by atoms with van der Waals surface area (Å²) in [5.41, 5.74) is 7.01. The average Bonchev–Trinajstić information content (AvgIpc) is 3.00.